The van der Waals surface area contributed by atoms with E-state index in [1.54, 1.807) is 12.1 Å². The van der Waals surface area contributed by atoms with Crippen LogP contribution in [-0.4, -0.2) is 10.8 Å². The number of rotatable bonds is 4. The number of nitro groups is 1. The lowest BCUT2D eigenvalue weighted by atomic mass is 10.2. The molecule has 2 rings (SSSR count). The molecule has 0 aromatic heterocycles. The van der Waals surface area contributed by atoms with Crippen molar-refractivity contribution in [1.29, 1.82) is 5.41 Å². The average Bonchev–Trinajstić information content (AvgIpc) is 2.42. The molecule has 0 spiro atoms. The maximum absolute atomic E-state index is 10.8. The minimum Gasteiger partial charge on any atom is -0.454 e. The molecule has 0 heterocycles. The Morgan fingerprint density at radius 2 is 2.00 bits per heavy atom. The zero-order valence-electron chi connectivity index (χ0n) is 10.5. The van der Waals surface area contributed by atoms with E-state index in [0.717, 1.165) is 0 Å². The summed E-state index contributed by atoms with van der Waals surface area (Å²) in [4.78, 5) is 10.3. The van der Waals surface area contributed by atoms with Crippen LogP contribution in [0.1, 0.15) is 5.56 Å². The van der Waals surface area contributed by atoms with Crippen LogP contribution in [0.25, 0.3) is 0 Å². The van der Waals surface area contributed by atoms with Crippen molar-refractivity contribution in [3.63, 3.8) is 0 Å². The molecule has 0 saturated carbocycles. The van der Waals surface area contributed by atoms with Crippen molar-refractivity contribution in [3.05, 3.63) is 61.6 Å². The lowest BCUT2D eigenvalue weighted by molar-refractivity contribution is -0.384. The first kappa shape index (κ1) is 15.3. The summed E-state index contributed by atoms with van der Waals surface area (Å²) in [6.45, 7) is 0. The van der Waals surface area contributed by atoms with Crippen molar-refractivity contribution >= 4 is 39.1 Å². The molecule has 0 saturated heterocycles. The van der Waals surface area contributed by atoms with Gasteiger partial charge in [0, 0.05) is 11.6 Å². The van der Waals surface area contributed by atoms with Gasteiger partial charge < -0.3 is 10.5 Å². The Labute approximate surface area is 133 Å². The molecular weight excluding hydrogens is 362 g/mol. The molecule has 0 aliphatic carbocycles. The molecule has 8 heteroatoms. The predicted octanol–water partition coefficient (Wildman–Crippen LogP) is 4.09. The minimum atomic E-state index is -0.514. The zero-order chi connectivity index (χ0) is 15.6. The van der Waals surface area contributed by atoms with Crippen molar-refractivity contribution in [2.24, 2.45) is 5.73 Å². The van der Waals surface area contributed by atoms with Gasteiger partial charge in [-0.1, -0.05) is 11.6 Å². The second-order valence-corrected chi connectivity index (χ2v) is 5.29. The van der Waals surface area contributed by atoms with E-state index in [1.807, 2.05) is 0 Å². The van der Waals surface area contributed by atoms with E-state index >= 15 is 0 Å². The van der Waals surface area contributed by atoms with Crippen LogP contribution < -0.4 is 10.5 Å². The van der Waals surface area contributed by atoms with E-state index in [2.05, 4.69) is 15.9 Å². The summed E-state index contributed by atoms with van der Waals surface area (Å²) < 4.78 is 6.13. The molecule has 6 nitrogen and oxygen atoms in total. The normalized spacial score (nSPS) is 10.2. The van der Waals surface area contributed by atoms with E-state index < -0.39 is 4.92 Å². The molecule has 21 heavy (non-hydrogen) atoms. The van der Waals surface area contributed by atoms with Crippen LogP contribution in [0.4, 0.5) is 5.69 Å². The third-order valence-electron chi connectivity index (χ3n) is 2.59. The number of hydrogen-bond acceptors (Lipinski definition) is 4. The largest absolute Gasteiger partial charge is 0.454 e. The molecule has 108 valence electrons. The van der Waals surface area contributed by atoms with Gasteiger partial charge in [-0.3, -0.25) is 15.5 Å². The number of amidine groups is 1. The van der Waals surface area contributed by atoms with Crippen molar-refractivity contribution in [2.75, 3.05) is 0 Å². The summed E-state index contributed by atoms with van der Waals surface area (Å²) in [5.41, 5.74) is 5.73. The second-order valence-electron chi connectivity index (χ2n) is 4.03. The van der Waals surface area contributed by atoms with Gasteiger partial charge in [-0.05, 0) is 40.2 Å². The molecular formula is C13H9BrClN3O3. The van der Waals surface area contributed by atoms with Crippen LogP contribution in [0.2, 0.25) is 5.02 Å². The van der Waals surface area contributed by atoms with Crippen LogP contribution >= 0.6 is 27.5 Å². The van der Waals surface area contributed by atoms with E-state index in [-0.39, 0.29) is 22.3 Å². The first-order valence-corrected chi connectivity index (χ1v) is 6.81. The molecule has 0 amide bonds. The Hall–Kier alpha value is -2.12. The molecule has 0 bridgehead atoms. The second kappa shape index (κ2) is 6.11. The number of nitro benzene ring substituents is 1. The Balaban J connectivity index is 2.36. The van der Waals surface area contributed by atoms with Crippen LogP contribution in [0.3, 0.4) is 0 Å². The molecule has 0 aliphatic rings. The van der Waals surface area contributed by atoms with Crippen LogP contribution in [0.5, 0.6) is 11.5 Å². The fraction of sp³-hybridized carbons (Fsp3) is 0. The van der Waals surface area contributed by atoms with Gasteiger partial charge in [0.1, 0.15) is 17.3 Å². The van der Waals surface area contributed by atoms with E-state index in [9.17, 15) is 10.1 Å². The Kier molecular flexibility index (Phi) is 4.44. The number of hydrogen-bond donors (Lipinski definition) is 2. The average molecular weight is 371 g/mol. The molecule has 2 aromatic rings. The highest BCUT2D eigenvalue weighted by Gasteiger charge is 2.13. The molecule has 0 aliphatic heterocycles. The van der Waals surface area contributed by atoms with Crippen molar-refractivity contribution in [2.45, 2.75) is 0 Å². The lowest BCUT2D eigenvalue weighted by Crippen LogP contribution is -2.10. The van der Waals surface area contributed by atoms with Gasteiger partial charge in [-0.2, -0.15) is 0 Å². The van der Waals surface area contributed by atoms with Crippen LogP contribution in [0, 0.1) is 15.5 Å². The van der Waals surface area contributed by atoms with Crippen molar-refractivity contribution in [3.8, 4) is 11.5 Å². The zero-order valence-corrected chi connectivity index (χ0v) is 12.8. The third kappa shape index (κ3) is 3.50. The molecule has 3 N–H and O–H groups in total. The quantitative estimate of drug-likeness (QED) is 0.366. The molecule has 0 fully saturated rings. The first-order chi connectivity index (χ1) is 9.88. The van der Waals surface area contributed by atoms with Crippen molar-refractivity contribution in [1.82, 2.24) is 0 Å². The fourth-order valence-corrected chi connectivity index (χ4v) is 2.10. The monoisotopic (exact) mass is 369 g/mol. The summed E-state index contributed by atoms with van der Waals surface area (Å²) >= 11 is 9.31. The number of benzene rings is 2. The molecule has 0 atom stereocenters. The Morgan fingerprint density at radius 3 is 2.57 bits per heavy atom. The van der Waals surface area contributed by atoms with E-state index in [4.69, 9.17) is 27.5 Å². The summed E-state index contributed by atoms with van der Waals surface area (Å²) in [7, 11) is 0. The van der Waals surface area contributed by atoms with Gasteiger partial charge in [-0.25, -0.2) is 0 Å². The van der Waals surface area contributed by atoms with Gasteiger partial charge in [0.15, 0.2) is 0 Å². The SMILES string of the molecule is N=C(N)c1ccc(Oc2cc([N+](=O)[O-])ccc2Br)c(Cl)c1. The Morgan fingerprint density at radius 1 is 1.29 bits per heavy atom. The summed E-state index contributed by atoms with van der Waals surface area (Å²) in [5.74, 6) is 0.463. The number of nitrogens with one attached hydrogen (secondary N) is 1. The topological polar surface area (TPSA) is 102 Å². The van der Waals surface area contributed by atoms with Crippen molar-refractivity contribution < 1.29 is 9.66 Å². The van der Waals surface area contributed by atoms with E-state index in [1.165, 1.54) is 24.3 Å². The summed E-state index contributed by atoms with van der Waals surface area (Å²) in [6.07, 6.45) is 0. The highest BCUT2D eigenvalue weighted by atomic mass is 79.9. The number of halogens is 2. The van der Waals surface area contributed by atoms with Gasteiger partial charge in [0.25, 0.3) is 5.69 Å². The lowest BCUT2D eigenvalue weighted by Gasteiger charge is -2.10. The molecule has 0 unspecified atom stereocenters. The van der Waals surface area contributed by atoms with Gasteiger partial charge in [-0.15, -0.1) is 0 Å². The number of ether oxygens (including phenoxy) is 1. The van der Waals surface area contributed by atoms with Gasteiger partial charge >= 0.3 is 0 Å². The summed E-state index contributed by atoms with van der Waals surface area (Å²) in [6, 6.07) is 8.78. The smallest absolute Gasteiger partial charge is 0.273 e. The standard InChI is InChI=1S/C13H9BrClN3O3/c14-9-3-2-8(18(19)20)6-12(9)21-11-4-1-7(13(16)17)5-10(11)15/h1-6H,(H3,16,17). The minimum absolute atomic E-state index is 0.0929. The van der Waals surface area contributed by atoms with Gasteiger partial charge in [0.2, 0.25) is 0 Å². The maximum Gasteiger partial charge on any atom is 0.273 e. The van der Waals surface area contributed by atoms with E-state index in [0.29, 0.717) is 15.8 Å². The maximum atomic E-state index is 10.8. The first-order valence-electron chi connectivity index (χ1n) is 5.64. The van der Waals surface area contributed by atoms with Gasteiger partial charge in [0.05, 0.1) is 20.5 Å². The van der Waals surface area contributed by atoms with Crippen LogP contribution in [0.15, 0.2) is 40.9 Å². The Bertz CT molecular complexity index is 737. The predicted molar refractivity (Wildman–Crippen MR) is 83.3 cm³/mol. The highest BCUT2D eigenvalue weighted by Crippen LogP contribution is 2.36. The number of nitrogen functional groups attached to an aromatic ring is 1. The summed E-state index contributed by atoms with van der Waals surface area (Å²) in [5, 5.41) is 18.4. The molecule has 2 aromatic carbocycles. The van der Waals surface area contributed by atoms with Crippen LogP contribution in [-0.2, 0) is 0 Å². The molecule has 0 radical (unpaired) electrons. The number of nitrogens with zero attached hydrogens (tertiary/aromatic N) is 1. The highest BCUT2D eigenvalue weighted by molar-refractivity contribution is 9.10. The number of nitrogens with two attached hydrogens (primary N) is 1. The number of non-ortho nitro benzene ring substituents is 1. The third-order valence-corrected chi connectivity index (χ3v) is 3.54. The fourth-order valence-electron chi connectivity index (χ4n) is 1.55.